The fraction of sp³-hybridized carbons (Fsp3) is 0.467. The quantitative estimate of drug-likeness (QED) is 0.569. The van der Waals surface area contributed by atoms with Crippen molar-refractivity contribution >= 4 is 11.3 Å². The van der Waals surface area contributed by atoms with Crippen LogP contribution in [-0.2, 0) is 0 Å². The lowest BCUT2D eigenvalue weighted by Gasteiger charge is -2.28. The van der Waals surface area contributed by atoms with Crippen molar-refractivity contribution in [2.24, 2.45) is 5.41 Å². The number of hydrogen-bond donors (Lipinski definition) is 0. The van der Waals surface area contributed by atoms with Gasteiger partial charge in [0.1, 0.15) is 0 Å². The summed E-state index contributed by atoms with van der Waals surface area (Å²) >= 11 is 0. The second-order valence-electron chi connectivity index (χ2n) is 5.88. The molecule has 3 heteroatoms. The normalized spacial score (nSPS) is 18.3. The van der Waals surface area contributed by atoms with Crippen LogP contribution in [0.2, 0.25) is 0 Å². The summed E-state index contributed by atoms with van der Waals surface area (Å²) in [7, 11) is 0. The highest BCUT2D eigenvalue weighted by Crippen LogP contribution is 2.40. The Morgan fingerprint density at radius 3 is 2.61 bits per heavy atom. The maximum absolute atomic E-state index is 11.1. The van der Waals surface area contributed by atoms with E-state index in [0.717, 1.165) is 36.0 Å². The second-order valence-corrected chi connectivity index (χ2v) is 5.88. The molecule has 2 rings (SSSR count). The summed E-state index contributed by atoms with van der Waals surface area (Å²) in [4.78, 5) is 10.8. The highest BCUT2D eigenvalue weighted by molar-refractivity contribution is 5.73. The van der Waals surface area contributed by atoms with Crippen molar-refractivity contribution in [3.63, 3.8) is 0 Å². The maximum atomic E-state index is 11.1. The number of rotatable bonds is 2. The fourth-order valence-corrected chi connectivity index (χ4v) is 2.39. The van der Waals surface area contributed by atoms with Gasteiger partial charge in [0.2, 0.25) is 0 Å². The van der Waals surface area contributed by atoms with Gasteiger partial charge < -0.3 is 0 Å². The lowest BCUT2D eigenvalue weighted by molar-refractivity contribution is -0.385. The minimum Gasteiger partial charge on any atom is -0.258 e. The molecule has 0 aromatic heterocycles. The molecule has 1 aromatic carbocycles. The molecule has 0 unspecified atom stereocenters. The number of nitro benzene ring substituents is 1. The molecule has 0 atom stereocenters. The van der Waals surface area contributed by atoms with Crippen molar-refractivity contribution in [2.45, 2.75) is 40.0 Å². The molecule has 0 radical (unpaired) electrons. The molecule has 0 amide bonds. The minimum atomic E-state index is -0.275. The van der Waals surface area contributed by atoms with Crippen LogP contribution < -0.4 is 0 Å². The Morgan fingerprint density at radius 1 is 1.33 bits per heavy atom. The van der Waals surface area contributed by atoms with Crippen LogP contribution in [0.25, 0.3) is 5.57 Å². The van der Waals surface area contributed by atoms with Gasteiger partial charge in [-0.2, -0.15) is 0 Å². The van der Waals surface area contributed by atoms with Gasteiger partial charge >= 0.3 is 0 Å². The predicted octanol–water partition coefficient (Wildman–Crippen LogP) is 4.50. The van der Waals surface area contributed by atoms with Crippen molar-refractivity contribution < 1.29 is 4.92 Å². The number of nitrogens with zero attached hydrogens (tertiary/aromatic N) is 1. The molecule has 18 heavy (non-hydrogen) atoms. The molecule has 1 aliphatic carbocycles. The molecule has 0 saturated carbocycles. The Balaban J connectivity index is 2.40. The van der Waals surface area contributed by atoms with Crippen LogP contribution in [-0.4, -0.2) is 4.92 Å². The third-order valence-corrected chi connectivity index (χ3v) is 3.67. The first-order valence-electron chi connectivity index (χ1n) is 6.33. The molecule has 3 nitrogen and oxygen atoms in total. The zero-order valence-corrected chi connectivity index (χ0v) is 11.2. The van der Waals surface area contributed by atoms with Crippen LogP contribution in [0.4, 0.5) is 5.69 Å². The Kier molecular flexibility index (Phi) is 3.24. The Hall–Kier alpha value is -1.64. The molecule has 0 aliphatic heterocycles. The van der Waals surface area contributed by atoms with Gasteiger partial charge in [0.25, 0.3) is 5.69 Å². The van der Waals surface area contributed by atoms with Gasteiger partial charge in [0.15, 0.2) is 0 Å². The molecule has 0 bridgehead atoms. The van der Waals surface area contributed by atoms with Crippen LogP contribution in [0.3, 0.4) is 0 Å². The summed E-state index contributed by atoms with van der Waals surface area (Å²) in [5.41, 5.74) is 3.41. The third-order valence-electron chi connectivity index (χ3n) is 3.67. The summed E-state index contributed by atoms with van der Waals surface area (Å²) in [5, 5.41) is 11.1. The smallest absolute Gasteiger partial charge is 0.258 e. The molecule has 96 valence electrons. The molecule has 1 aliphatic rings. The molecule has 0 heterocycles. The van der Waals surface area contributed by atoms with Crippen molar-refractivity contribution in [3.05, 3.63) is 45.5 Å². The Bertz CT molecular complexity index is 515. The standard InChI is InChI=1S/C15H19NO2/c1-11-4-5-13(14(10-11)16(17)18)12-6-8-15(2,3)9-7-12/h4-6,10H,7-9H2,1-3H3. The van der Waals surface area contributed by atoms with Crippen LogP contribution >= 0.6 is 0 Å². The predicted molar refractivity (Wildman–Crippen MR) is 73.4 cm³/mol. The van der Waals surface area contributed by atoms with Crippen molar-refractivity contribution in [1.29, 1.82) is 0 Å². The van der Waals surface area contributed by atoms with Gasteiger partial charge in [-0.15, -0.1) is 0 Å². The molecular weight excluding hydrogens is 226 g/mol. The number of hydrogen-bond acceptors (Lipinski definition) is 2. The molecule has 1 aromatic rings. The van der Waals surface area contributed by atoms with Gasteiger partial charge in [0, 0.05) is 6.07 Å². The average Bonchev–Trinajstić information content (AvgIpc) is 2.29. The zero-order valence-electron chi connectivity index (χ0n) is 11.2. The van der Waals surface area contributed by atoms with Gasteiger partial charge in [0.05, 0.1) is 10.5 Å². The largest absolute Gasteiger partial charge is 0.277 e. The Morgan fingerprint density at radius 2 is 2.06 bits per heavy atom. The number of allylic oxidation sites excluding steroid dienone is 2. The van der Waals surface area contributed by atoms with Gasteiger partial charge in [-0.3, -0.25) is 10.1 Å². The monoisotopic (exact) mass is 245 g/mol. The van der Waals surface area contributed by atoms with E-state index in [9.17, 15) is 10.1 Å². The van der Waals surface area contributed by atoms with E-state index >= 15 is 0 Å². The summed E-state index contributed by atoms with van der Waals surface area (Å²) in [5.74, 6) is 0. The molecular formula is C15H19NO2. The SMILES string of the molecule is Cc1ccc(C2=CCC(C)(C)CC2)c([N+](=O)[O-])c1. The van der Waals surface area contributed by atoms with Gasteiger partial charge in [-0.1, -0.05) is 26.0 Å². The molecule has 0 saturated heterocycles. The highest BCUT2D eigenvalue weighted by Gasteiger charge is 2.25. The first kappa shape index (κ1) is 12.8. The molecule has 0 N–H and O–H groups in total. The van der Waals surface area contributed by atoms with Gasteiger partial charge in [-0.25, -0.2) is 0 Å². The summed E-state index contributed by atoms with van der Waals surface area (Å²) in [6.45, 7) is 6.36. The number of aryl methyl sites for hydroxylation is 1. The zero-order chi connectivity index (χ0) is 13.3. The van der Waals surface area contributed by atoms with Crippen LogP contribution in [0.5, 0.6) is 0 Å². The van der Waals surface area contributed by atoms with E-state index in [1.165, 1.54) is 0 Å². The lowest BCUT2D eigenvalue weighted by atomic mass is 9.77. The molecule has 0 fully saturated rings. The van der Waals surface area contributed by atoms with E-state index in [4.69, 9.17) is 0 Å². The fourth-order valence-electron chi connectivity index (χ4n) is 2.39. The van der Waals surface area contributed by atoms with Crippen LogP contribution in [0.15, 0.2) is 24.3 Å². The van der Waals surface area contributed by atoms with Crippen LogP contribution in [0, 0.1) is 22.5 Å². The van der Waals surface area contributed by atoms with Crippen molar-refractivity contribution in [3.8, 4) is 0 Å². The van der Waals surface area contributed by atoms with E-state index in [2.05, 4.69) is 19.9 Å². The van der Waals surface area contributed by atoms with Crippen molar-refractivity contribution in [1.82, 2.24) is 0 Å². The second kappa shape index (κ2) is 4.56. The van der Waals surface area contributed by atoms with Gasteiger partial charge in [-0.05, 0) is 48.8 Å². The Labute approximate surface area is 108 Å². The van der Waals surface area contributed by atoms with E-state index in [1.54, 1.807) is 6.07 Å². The van der Waals surface area contributed by atoms with E-state index in [1.807, 2.05) is 19.1 Å². The minimum absolute atomic E-state index is 0.237. The highest BCUT2D eigenvalue weighted by atomic mass is 16.6. The summed E-state index contributed by atoms with van der Waals surface area (Å²) < 4.78 is 0. The summed E-state index contributed by atoms with van der Waals surface area (Å²) in [6.07, 6.45) is 5.18. The van der Waals surface area contributed by atoms with Crippen LogP contribution in [0.1, 0.15) is 44.2 Å². The summed E-state index contributed by atoms with van der Waals surface area (Å²) in [6, 6.07) is 5.50. The average molecular weight is 245 g/mol. The third kappa shape index (κ3) is 2.61. The molecule has 0 spiro atoms. The maximum Gasteiger partial charge on any atom is 0.277 e. The van der Waals surface area contributed by atoms with Crippen molar-refractivity contribution in [2.75, 3.05) is 0 Å². The van der Waals surface area contributed by atoms with E-state index in [-0.39, 0.29) is 10.6 Å². The number of nitro groups is 1. The van der Waals surface area contributed by atoms with E-state index < -0.39 is 0 Å². The van der Waals surface area contributed by atoms with E-state index in [0.29, 0.717) is 5.41 Å². The lowest BCUT2D eigenvalue weighted by Crippen LogP contribution is -2.14. The first-order valence-corrected chi connectivity index (χ1v) is 6.33. The number of benzene rings is 1. The topological polar surface area (TPSA) is 43.1 Å². The first-order chi connectivity index (χ1) is 8.39.